The van der Waals surface area contributed by atoms with Gasteiger partial charge in [-0.25, -0.2) is 4.79 Å². The summed E-state index contributed by atoms with van der Waals surface area (Å²) in [7, 11) is 0. The molecule has 0 saturated heterocycles. The lowest BCUT2D eigenvalue weighted by molar-refractivity contribution is 0.466. The minimum atomic E-state index is -0.285. The van der Waals surface area contributed by atoms with E-state index in [4.69, 9.17) is 4.42 Å². The van der Waals surface area contributed by atoms with Crippen LogP contribution in [0.3, 0.4) is 0 Å². The monoisotopic (exact) mass is 232 g/mol. The average Bonchev–Trinajstić information content (AvgIpc) is 2.33. The molecule has 0 aliphatic carbocycles. The summed E-state index contributed by atoms with van der Waals surface area (Å²) >= 11 is 0. The Bertz CT molecular complexity index is 651. The number of phenols is 1. The lowest BCUT2D eigenvalue weighted by Gasteiger charge is -2.11. The Kier molecular flexibility index (Phi) is 2.69. The maximum Gasteiger partial charge on any atom is 0.339 e. The van der Waals surface area contributed by atoms with E-state index in [-0.39, 0.29) is 11.4 Å². The molecule has 0 unspecified atom stereocenters. The zero-order valence-electron chi connectivity index (χ0n) is 10.5. The van der Waals surface area contributed by atoms with E-state index in [0.29, 0.717) is 17.6 Å². The van der Waals surface area contributed by atoms with Crippen molar-refractivity contribution in [2.24, 2.45) is 0 Å². The van der Waals surface area contributed by atoms with E-state index in [1.807, 2.05) is 33.8 Å². The van der Waals surface area contributed by atoms with Gasteiger partial charge in [-0.15, -0.1) is 0 Å². The van der Waals surface area contributed by atoms with Gasteiger partial charge in [-0.05, 0) is 44.4 Å². The molecule has 0 atom stereocenters. The highest BCUT2D eigenvalue weighted by Crippen LogP contribution is 2.33. The van der Waals surface area contributed by atoms with Crippen molar-refractivity contribution in [3.8, 4) is 5.75 Å². The van der Waals surface area contributed by atoms with E-state index in [1.54, 1.807) is 0 Å². The molecule has 0 spiro atoms. The van der Waals surface area contributed by atoms with Crippen molar-refractivity contribution in [3.63, 3.8) is 0 Å². The summed E-state index contributed by atoms with van der Waals surface area (Å²) in [5, 5.41) is 10.8. The van der Waals surface area contributed by atoms with Crippen LogP contribution in [0.2, 0.25) is 0 Å². The van der Waals surface area contributed by atoms with Crippen molar-refractivity contribution in [2.45, 2.75) is 34.1 Å². The molecule has 17 heavy (non-hydrogen) atoms. The van der Waals surface area contributed by atoms with Crippen LogP contribution in [0, 0.1) is 20.8 Å². The minimum absolute atomic E-state index is 0.283. The number of hydrogen-bond acceptors (Lipinski definition) is 3. The molecule has 0 radical (unpaired) electrons. The van der Waals surface area contributed by atoms with Gasteiger partial charge in [0.25, 0.3) is 0 Å². The van der Waals surface area contributed by atoms with E-state index < -0.39 is 0 Å². The van der Waals surface area contributed by atoms with Crippen molar-refractivity contribution in [3.05, 3.63) is 38.7 Å². The number of hydrogen-bond donors (Lipinski definition) is 1. The van der Waals surface area contributed by atoms with Crippen LogP contribution in [0.4, 0.5) is 0 Å². The Hall–Kier alpha value is -1.77. The van der Waals surface area contributed by atoms with E-state index in [2.05, 4.69) is 0 Å². The van der Waals surface area contributed by atoms with Gasteiger partial charge >= 0.3 is 5.63 Å². The van der Waals surface area contributed by atoms with Crippen LogP contribution in [-0.4, -0.2) is 5.11 Å². The van der Waals surface area contributed by atoms with Crippen LogP contribution < -0.4 is 5.63 Å². The number of aromatic hydroxyl groups is 1. The standard InChI is InChI=1S/C14H16O3/c1-5-10-6-11-9(4)12(15)7(2)8(3)13(11)17-14(10)16/h6,15H,5H2,1-4H3. The summed E-state index contributed by atoms with van der Waals surface area (Å²) in [6, 6.07) is 1.82. The molecule has 3 nitrogen and oxygen atoms in total. The zero-order valence-corrected chi connectivity index (χ0v) is 10.5. The molecule has 0 aliphatic rings. The summed E-state index contributed by atoms with van der Waals surface area (Å²) in [6.07, 6.45) is 0.630. The summed E-state index contributed by atoms with van der Waals surface area (Å²) in [5.74, 6) is 0.283. The van der Waals surface area contributed by atoms with Gasteiger partial charge in [0, 0.05) is 16.5 Å². The topological polar surface area (TPSA) is 50.4 Å². The van der Waals surface area contributed by atoms with Gasteiger partial charge in [0.15, 0.2) is 0 Å². The Balaban J connectivity index is 3.01. The van der Waals surface area contributed by atoms with Gasteiger partial charge in [-0.2, -0.15) is 0 Å². The molecular weight excluding hydrogens is 216 g/mol. The average molecular weight is 232 g/mol. The quantitative estimate of drug-likeness (QED) is 0.769. The lowest BCUT2D eigenvalue weighted by atomic mass is 9.99. The van der Waals surface area contributed by atoms with Crippen LogP contribution in [0.1, 0.15) is 29.2 Å². The molecule has 0 bridgehead atoms. The second kappa shape index (κ2) is 3.91. The second-order valence-corrected chi connectivity index (χ2v) is 4.38. The van der Waals surface area contributed by atoms with Crippen molar-refractivity contribution < 1.29 is 9.52 Å². The van der Waals surface area contributed by atoms with Crippen LogP contribution in [0.15, 0.2) is 15.3 Å². The molecule has 0 aliphatic heterocycles. The SMILES string of the molecule is CCc1cc2c(C)c(O)c(C)c(C)c2oc1=O. The third-order valence-electron chi connectivity index (χ3n) is 3.42. The second-order valence-electron chi connectivity index (χ2n) is 4.38. The van der Waals surface area contributed by atoms with Crippen LogP contribution >= 0.6 is 0 Å². The summed E-state index contributed by atoms with van der Waals surface area (Å²) in [6.45, 7) is 7.42. The lowest BCUT2D eigenvalue weighted by Crippen LogP contribution is -2.07. The summed E-state index contributed by atoms with van der Waals surface area (Å²) in [4.78, 5) is 11.7. The Labute approximate surface area is 99.7 Å². The number of aryl methyl sites for hydroxylation is 3. The number of phenolic OH excluding ortho intramolecular Hbond substituents is 1. The zero-order chi connectivity index (χ0) is 12.7. The van der Waals surface area contributed by atoms with Gasteiger partial charge in [-0.1, -0.05) is 6.92 Å². The van der Waals surface area contributed by atoms with E-state index >= 15 is 0 Å². The maximum atomic E-state index is 11.7. The van der Waals surface area contributed by atoms with Crippen LogP contribution in [0.25, 0.3) is 11.0 Å². The molecule has 1 aromatic heterocycles. The normalized spacial score (nSPS) is 11.1. The molecule has 0 fully saturated rings. The molecule has 3 heteroatoms. The molecule has 2 rings (SSSR count). The third-order valence-corrected chi connectivity index (χ3v) is 3.42. The van der Waals surface area contributed by atoms with E-state index in [1.165, 1.54) is 0 Å². The van der Waals surface area contributed by atoms with E-state index in [9.17, 15) is 9.90 Å². The highest BCUT2D eigenvalue weighted by atomic mass is 16.4. The van der Waals surface area contributed by atoms with Crippen molar-refractivity contribution >= 4 is 11.0 Å². The molecule has 1 heterocycles. The van der Waals surface area contributed by atoms with Crippen molar-refractivity contribution in [1.29, 1.82) is 0 Å². The van der Waals surface area contributed by atoms with Gasteiger partial charge in [0.1, 0.15) is 11.3 Å². The van der Waals surface area contributed by atoms with Crippen molar-refractivity contribution in [1.82, 2.24) is 0 Å². The fraction of sp³-hybridized carbons (Fsp3) is 0.357. The first kappa shape index (κ1) is 11.7. The smallest absolute Gasteiger partial charge is 0.339 e. The molecule has 1 N–H and O–H groups in total. The molecule has 2 aromatic rings. The molecule has 0 amide bonds. The molecule has 90 valence electrons. The van der Waals surface area contributed by atoms with Gasteiger partial charge in [0.05, 0.1) is 0 Å². The minimum Gasteiger partial charge on any atom is -0.507 e. The molecular formula is C14H16O3. The Morgan fingerprint density at radius 1 is 1.18 bits per heavy atom. The fourth-order valence-corrected chi connectivity index (χ4v) is 2.07. The first-order valence-electron chi connectivity index (χ1n) is 5.72. The number of fused-ring (bicyclic) bond motifs is 1. The van der Waals surface area contributed by atoms with Crippen molar-refractivity contribution in [2.75, 3.05) is 0 Å². The van der Waals surface area contributed by atoms with Gasteiger partial charge < -0.3 is 9.52 Å². The fourth-order valence-electron chi connectivity index (χ4n) is 2.07. The predicted molar refractivity (Wildman–Crippen MR) is 67.7 cm³/mol. The maximum absolute atomic E-state index is 11.7. The Morgan fingerprint density at radius 3 is 2.41 bits per heavy atom. The third kappa shape index (κ3) is 1.62. The van der Waals surface area contributed by atoms with Gasteiger partial charge in [0.2, 0.25) is 0 Å². The van der Waals surface area contributed by atoms with E-state index in [0.717, 1.165) is 22.1 Å². The largest absolute Gasteiger partial charge is 0.507 e. The van der Waals surface area contributed by atoms with Crippen LogP contribution in [0.5, 0.6) is 5.75 Å². The molecule has 1 aromatic carbocycles. The first-order chi connectivity index (χ1) is 7.97. The summed E-state index contributed by atoms with van der Waals surface area (Å²) in [5.41, 5.74) is 3.29. The summed E-state index contributed by atoms with van der Waals surface area (Å²) < 4.78 is 5.36. The highest BCUT2D eigenvalue weighted by Gasteiger charge is 2.14. The highest BCUT2D eigenvalue weighted by molar-refractivity contribution is 5.87. The first-order valence-corrected chi connectivity index (χ1v) is 5.72. The Morgan fingerprint density at radius 2 is 1.82 bits per heavy atom. The number of rotatable bonds is 1. The predicted octanol–water partition coefficient (Wildman–Crippen LogP) is 2.99. The van der Waals surface area contributed by atoms with Crippen LogP contribution in [-0.2, 0) is 6.42 Å². The number of benzene rings is 1. The molecule has 0 saturated carbocycles. The van der Waals surface area contributed by atoms with Gasteiger partial charge in [-0.3, -0.25) is 0 Å².